The quantitative estimate of drug-likeness (QED) is 0.914. The molecule has 0 aliphatic carbocycles. The standard InChI is InChI=1S/C16H18BrN3O/c1-3-12-14(17)16(18-4-2)20-15(19-12)11-9-21-13-8-6-5-7-10(11)13/h5-8,11H,3-4,9H2,1-2H3,(H,18,19,20). The van der Waals surface area contributed by atoms with Crippen LogP contribution < -0.4 is 10.1 Å². The third kappa shape index (κ3) is 2.62. The summed E-state index contributed by atoms with van der Waals surface area (Å²) in [7, 11) is 0. The van der Waals surface area contributed by atoms with Crippen molar-refractivity contribution in [1.29, 1.82) is 0 Å². The first-order valence-corrected chi connectivity index (χ1v) is 8.05. The van der Waals surface area contributed by atoms with E-state index in [2.05, 4.69) is 41.2 Å². The normalized spacial score (nSPS) is 16.4. The number of ether oxygens (including phenoxy) is 1. The highest BCUT2D eigenvalue weighted by Gasteiger charge is 2.28. The summed E-state index contributed by atoms with van der Waals surface area (Å²) in [6.45, 7) is 5.60. The van der Waals surface area contributed by atoms with E-state index in [0.717, 1.165) is 40.5 Å². The number of aromatic nitrogens is 2. The molecule has 5 heteroatoms. The minimum Gasteiger partial charge on any atom is -0.492 e. The molecule has 2 aromatic rings. The molecule has 3 rings (SSSR count). The van der Waals surface area contributed by atoms with Crippen molar-refractivity contribution in [2.45, 2.75) is 26.2 Å². The zero-order chi connectivity index (χ0) is 14.8. The Hall–Kier alpha value is -1.62. The predicted molar refractivity (Wildman–Crippen MR) is 87.1 cm³/mol. The zero-order valence-corrected chi connectivity index (χ0v) is 13.8. The van der Waals surface area contributed by atoms with Crippen LogP contribution in [0.3, 0.4) is 0 Å². The van der Waals surface area contributed by atoms with Crippen molar-refractivity contribution in [1.82, 2.24) is 9.97 Å². The molecule has 2 heterocycles. The van der Waals surface area contributed by atoms with Crippen LogP contribution in [0.15, 0.2) is 28.7 Å². The van der Waals surface area contributed by atoms with Gasteiger partial charge in [-0.3, -0.25) is 0 Å². The van der Waals surface area contributed by atoms with E-state index in [-0.39, 0.29) is 5.92 Å². The maximum absolute atomic E-state index is 5.76. The number of hydrogen-bond donors (Lipinski definition) is 1. The second-order valence-electron chi connectivity index (χ2n) is 4.98. The lowest BCUT2D eigenvalue weighted by atomic mass is 10.0. The van der Waals surface area contributed by atoms with Gasteiger partial charge in [-0.15, -0.1) is 0 Å². The van der Waals surface area contributed by atoms with Crippen LogP contribution in [0.4, 0.5) is 5.82 Å². The molecular formula is C16H18BrN3O. The predicted octanol–water partition coefficient (Wildman–Crippen LogP) is 3.76. The lowest BCUT2D eigenvalue weighted by molar-refractivity contribution is 0.339. The molecule has 1 unspecified atom stereocenters. The SMILES string of the molecule is CCNc1nc(C2COc3ccccc32)nc(CC)c1Br. The number of aryl methyl sites for hydroxylation is 1. The molecule has 1 aromatic heterocycles. The molecule has 1 atom stereocenters. The van der Waals surface area contributed by atoms with Crippen LogP contribution in [0.25, 0.3) is 0 Å². The smallest absolute Gasteiger partial charge is 0.144 e. The number of fused-ring (bicyclic) bond motifs is 1. The van der Waals surface area contributed by atoms with E-state index < -0.39 is 0 Å². The molecule has 1 N–H and O–H groups in total. The zero-order valence-electron chi connectivity index (χ0n) is 12.2. The maximum atomic E-state index is 5.76. The lowest BCUT2D eigenvalue weighted by Gasteiger charge is -2.14. The highest BCUT2D eigenvalue weighted by Crippen LogP contribution is 2.37. The monoisotopic (exact) mass is 347 g/mol. The molecule has 0 bridgehead atoms. The third-order valence-corrected chi connectivity index (χ3v) is 4.46. The summed E-state index contributed by atoms with van der Waals surface area (Å²) in [5.41, 5.74) is 2.20. The van der Waals surface area contributed by atoms with E-state index in [9.17, 15) is 0 Å². The summed E-state index contributed by atoms with van der Waals surface area (Å²) in [5.74, 6) is 2.74. The van der Waals surface area contributed by atoms with Gasteiger partial charge in [0.05, 0.1) is 16.1 Å². The molecule has 21 heavy (non-hydrogen) atoms. The van der Waals surface area contributed by atoms with Gasteiger partial charge in [-0.2, -0.15) is 0 Å². The molecular weight excluding hydrogens is 330 g/mol. The number of nitrogens with zero attached hydrogens (tertiary/aromatic N) is 2. The number of hydrogen-bond acceptors (Lipinski definition) is 4. The second-order valence-corrected chi connectivity index (χ2v) is 5.77. The average Bonchev–Trinajstić information content (AvgIpc) is 2.93. The van der Waals surface area contributed by atoms with Crippen molar-refractivity contribution < 1.29 is 4.74 Å². The Labute approximate surface area is 133 Å². The van der Waals surface area contributed by atoms with Crippen LogP contribution in [0, 0.1) is 0 Å². The molecule has 0 radical (unpaired) electrons. The molecule has 1 aromatic carbocycles. The van der Waals surface area contributed by atoms with Crippen molar-refractivity contribution in [3.8, 4) is 5.75 Å². The number of anilines is 1. The van der Waals surface area contributed by atoms with Crippen molar-refractivity contribution in [3.63, 3.8) is 0 Å². The van der Waals surface area contributed by atoms with Crippen LogP contribution in [0.2, 0.25) is 0 Å². The third-order valence-electron chi connectivity index (χ3n) is 3.63. The van der Waals surface area contributed by atoms with Crippen LogP contribution in [0.1, 0.15) is 36.8 Å². The molecule has 0 amide bonds. The number of rotatable bonds is 4. The van der Waals surface area contributed by atoms with Crippen LogP contribution >= 0.6 is 15.9 Å². The van der Waals surface area contributed by atoms with E-state index >= 15 is 0 Å². The average molecular weight is 348 g/mol. The first-order valence-electron chi connectivity index (χ1n) is 7.26. The molecule has 1 aliphatic rings. The fraction of sp³-hybridized carbons (Fsp3) is 0.375. The molecule has 4 nitrogen and oxygen atoms in total. The summed E-state index contributed by atoms with van der Waals surface area (Å²) in [5, 5.41) is 3.30. The van der Waals surface area contributed by atoms with Crippen LogP contribution in [-0.4, -0.2) is 23.1 Å². The topological polar surface area (TPSA) is 47.0 Å². The minimum absolute atomic E-state index is 0.108. The fourth-order valence-corrected chi connectivity index (χ4v) is 3.16. The van der Waals surface area contributed by atoms with Crippen molar-refractivity contribution in [3.05, 3.63) is 45.8 Å². The van der Waals surface area contributed by atoms with Gasteiger partial charge in [-0.25, -0.2) is 9.97 Å². The fourth-order valence-electron chi connectivity index (χ4n) is 2.56. The minimum atomic E-state index is 0.108. The van der Waals surface area contributed by atoms with Gasteiger partial charge in [0.25, 0.3) is 0 Å². The van der Waals surface area contributed by atoms with Gasteiger partial charge in [0.1, 0.15) is 24.0 Å². The van der Waals surface area contributed by atoms with Gasteiger partial charge in [0.2, 0.25) is 0 Å². The Morgan fingerprint density at radius 1 is 1.29 bits per heavy atom. The number of nitrogens with one attached hydrogen (secondary N) is 1. The molecule has 0 fully saturated rings. The first kappa shape index (κ1) is 14.3. The first-order chi connectivity index (χ1) is 10.2. The van der Waals surface area contributed by atoms with Gasteiger partial charge < -0.3 is 10.1 Å². The van der Waals surface area contributed by atoms with Gasteiger partial charge in [-0.05, 0) is 35.3 Å². The Morgan fingerprint density at radius 2 is 2.10 bits per heavy atom. The second kappa shape index (κ2) is 6.02. The molecule has 110 valence electrons. The summed E-state index contributed by atoms with van der Waals surface area (Å²) in [6.07, 6.45) is 0.865. The number of para-hydroxylation sites is 1. The van der Waals surface area contributed by atoms with Gasteiger partial charge in [-0.1, -0.05) is 25.1 Å². The number of benzene rings is 1. The van der Waals surface area contributed by atoms with Crippen molar-refractivity contribution in [2.24, 2.45) is 0 Å². The van der Waals surface area contributed by atoms with Crippen molar-refractivity contribution in [2.75, 3.05) is 18.5 Å². The largest absolute Gasteiger partial charge is 0.492 e. The van der Waals surface area contributed by atoms with E-state index in [1.165, 1.54) is 5.56 Å². The number of halogens is 1. The maximum Gasteiger partial charge on any atom is 0.144 e. The van der Waals surface area contributed by atoms with E-state index in [4.69, 9.17) is 14.7 Å². The van der Waals surface area contributed by atoms with Gasteiger partial charge >= 0.3 is 0 Å². The van der Waals surface area contributed by atoms with Crippen molar-refractivity contribution >= 4 is 21.7 Å². The molecule has 0 spiro atoms. The summed E-state index contributed by atoms with van der Waals surface area (Å²) >= 11 is 3.60. The van der Waals surface area contributed by atoms with E-state index in [1.54, 1.807) is 0 Å². The highest BCUT2D eigenvalue weighted by atomic mass is 79.9. The van der Waals surface area contributed by atoms with E-state index in [1.807, 2.05) is 18.2 Å². The van der Waals surface area contributed by atoms with Crippen LogP contribution in [-0.2, 0) is 6.42 Å². The molecule has 0 saturated carbocycles. The molecule has 0 saturated heterocycles. The summed E-state index contributed by atoms with van der Waals surface area (Å²) < 4.78 is 6.72. The van der Waals surface area contributed by atoms with E-state index in [0.29, 0.717) is 6.61 Å². The highest BCUT2D eigenvalue weighted by molar-refractivity contribution is 9.10. The van der Waals surface area contributed by atoms with Crippen LogP contribution in [0.5, 0.6) is 5.75 Å². The Bertz CT molecular complexity index is 660. The molecule has 1 aliphatic heterocycles. The lowest BCUT2D eigenvalue weighted by Crippen LogP contribution is -2.13. The Kier molecular flexibility index (Phi) is 4.10. The van der Waals surface area contributed by atoms with Gasteiger partial charge in [0, 0.05) is 12.1 Å². The Balaban J connectivity index is 2.05. The van der Waals surface area contributed by atoms with Gasteiger partial charge in [0.15, 0.2) is 0 Å². The summed E-state index contributed by atoms with van der Waals surface area (Å²) in [4.78, 5) is 9.44. The summed E-state index contributed by atoms with van der Waals surface area (Å²) in [6, 6.07) is 8.12. The Morgan fingerprint density at radius 3 is 2.86 bits per heavy atom.